The normalized spacial score (nSPS) is 10.7. The highest BCUT2D eigenvalue weighted by atomic mass is 35.5. The van der Waals surface area contributed by atoms with Gasteiger partial charge in [-0.05, 0) is 42.8 Å². The Bertz CT molecular complexity index is 805. The van der Waals surface area contributed by atoms with Crippen molar-refractivity contribution in [3.8, 4) is 0 Å². The van der Waals surface area contributed by atoms with E-state index in [9.17, 15) is 14.0 Å². The molecule has 0 spiro atoms. The second-order valence-electron chi connectivity index (χ2n) is 4.75. The maximum atomic E-state index is 13.5. The molecule has 2 amide bonds. The smallest absolute Gasteiger partial charge is 0.317 e. The highest BCUT2D eigenvalue weighted by molar-refractivity contribution is 6.39. The monoisotopic (exact) mass is 367 g/mol. The Morgan fingerprint density at radius 1 is 1.17 bits per heavy atom. The number of hydrogen-bond donors (Lipinski definition) is 2. The third kappa shape index (κ3) is 4.53. The van der Waals surface area contributed by atoms with Crippen molar-refractivity contribution in [2.75, 3.05) is 5.32 Å². The molecule has 2 aromatic rings. The molecule has 5 nitrogen and oxygen atoms in total. The van der Waals surface area contributed by atoms with Crippen molar-refractivity contribution in [1.29, 1.82) is 0 Å². The molecule has 0 radical (unpaired) electrons. The zero-order chi connectivity index (χ0) is 17.7. The minimum atomic E-state index is -1.01. The van der Waals surface area contributed by atoms with E-state index in [1.165, 1.54) is 18.2 Å². The van der Waals surface area contributed by atoms with E-state index in [0.717, 1.165) is 6.21 Å². The minimum Gasteiger partial charge on any atom is -0.317 e. The Morgan fingerprint density at radius 2 is 1.92 bits per heavy atom. The largest absolute Gasteiger partial charge is 0.329 e. The number of halogens is 3. The van der Waals surface area contributed by atoms with Gasteiger partial charge in [0, 0.05) is 16.3 Å². The molecule has 2 rings (SSSR count). The topological polar surface area (TPSA) is 70.6 Å². The van der Waals surface area contributed by atoms with Gasteiger partial charge < -0.3 is 5.32 Å². The SMILES string of the molecule is Cc1cc(Cl)ccc1NC(=O)C(=O)N/N=C/c1c(F)cccc1Cl. The molecule has 0 unspecified atom stereocenters. The molecule has 0 saturated heterocycles. The van der Waals surface area contributed by atoms with Gasteiger partial charge in [0.25, 0.3) is 0 Å². The summed E-state index contributed by atoms with van der Waals surface area (Å²) < 4.78 is 13.5. The lowest BCUT2D eigenvalue weighted by Gasteiger charge is -2.07. The summed E-state index contributed by atoms with van der Waals surface area (Å²) in [4.78, 5) is 23.5. The van der Waals surface area contributed by atoms with Crippen molar-refractivity contribution < 1.29 is 14.0 Å². The highest BCUT2D eigenvalue weighted by Gasteiger charge is 2.14. The first kappa shape index (κ1) is 17.9. The van der Waals surface area contributed by atoms with Gasteiger partial charge >= 0.3 is 11.8 Å². The summed E-state index contributed by atoms with van der Waals surface area (Å²) in [5.74, 6) is -2.52. The summed E-state index contributed by atoms with van der Waals surface area (Å²) in [6.45, 7) is 1.73. The van der Waals surface area contributed by atoms with E-state index in [2.05, 4.69) is 10.4 Å². The fraction of sp³-hybridized carbons (Fsp3) is 0.0625. The van der Waals surface area contributed by atoms with Crippen LogP contribution in [0.4, 0.5) is 10.1 Å². The van der Waals surface area contributed by atoms with Gasteiger partial charge in [0.1, 0.15) is 5.82 Å². The van der Waals surface area contributed by atoms with Crippen molar-refractivity contribution >= 4 is 46.9 Å². The van der Waals surface area contributed by atoms with Crippen LogP contribution < -0.4 is 10.7 Å². The first-order valence-corrected chi connectivity index (χ1v) is 7.48. The van der Waals surface area contributed by atoms with Crippen LogP contribution in [0.2, 0.25) is 10.0 Å². The first-order valence-electron chi connectivity index (χ1n) is 6.73. The van der Waals surface area contributed by atoms with Gasteiger partial charge in [-0.1, -0.05) is 29.3 Å². The van der Waals surface area contributed by atoms with Crippen molar-refractivity contribution in [2.45, 2.75) is 6.92 Å². The van der Waals surface area contributed by atoms with Gasteiger partial charge in [-0.3, -0.25) is 9.59 Å². The molecule has 0 aromatic heterocycles. The van der Waals surface area contributed by atoms with Gasteiger partial charge in [0.05, 0.1) is 11.2 Å². The Labute approximate surface area is 147 Å². The number of hydrogen-bond acceptors (Lipinski definition) is 3. The molecule has 0 atom stereocenters. The molecule has 2 N–H and O–H groups in total. The van der Waals surface area contributed by atoms with Crippen LogP contribution in [0.1, 0.15) is 11.1 Å². The van der Waals surface area contributed by atoms with E-state index in [1.54, 1.807) is 25.1 Å². The minimum absolute atomic E-state index is 0.00780. The average Bonchev–Trinajstić information content (AvgIpc) is 2.52. The van der Waals surface area contributed by atoms with Gasteiger partial charge in [0.15, 0.2) is 0 Å². The number of benzene rings is 2. The zero-order valence-electron chi connectivity index (χ0n) is 12.4. The van der Waals surface area contributed by atoms with Gasteiger partial charge in [-0.15, -0.1) is 0 Å². The van der Waals surface area contributed by atoms with Crippen molar-refractivity contribution in [3.05, 3.63) is 63.4 Å². The molecule has 2 aromatic carbocycles. The Kier molecular flexibility index (Phi) is 5.89. The van der Waals surface area contributed by atoms with Crippen LogP contribution in [0, 0.1) is 12.7 Å². The van der Waals surface area contributed by atoms with Gasteiger partial charge in [0.2, 0.25) is 0 Å². The standard InChI is InChI=1S/C16H12Cl2FN3O2/c1-9-7-10(17)5-6-14(9)21-15(23)16(24)22-20-8-11-12(18)3-2-4-13(11)19/h2-8H,1H3,(H,21,23)(H,22,24)/b20-8+. The summed E-state index contributed by atoms with van der Waals surface area (Å²) in [7, 11) is 0. The van der Waals surface area contributed by atoms with E-state index in [0.29, 0.717) is 16.3 Å². The fourth-order valence-electron chi connectivity index (χ4n) is 1.79. The van der Waals surface area contributed by atoms with E-state index in [4.69, 9.17) is 23.2 Å². The van der Waals surface area contributed by atoms with Crippen LogP contribution in [-0.2, 0) is 9.59 Å². The fourth-order valence-corrected chi connectivity index (χ4v) is 2.23. The molecular weight excluding hydrogens is 356 g/mol. The van der Waals surface area contributed by atoms with E-state index >= 15 is 0 Å². The number of nitrogens with zero attached hydrogens (tertiary/aromatic N) is 1. The van der Waals surface area contributed by atoms with E-state index in [-0.39, 0.29) is 10.6 Å². The number of aryl methyl sites for hydroxylation is 1. The van der Waals surface area contributed by atoms with Crippen LogP contribution in [0.25, 0.3) is 0 Å². The third-order valence-corrected chi connectivity index (χ3v) is 3.57. The molecular formula is C16H12Cl2FN3O2. The predicted octanol–water partition coefficient (Wildman–Crippen LogP) is 3.53. The molecule has 0 aliphatic heterocycles. The van der Waals surface area contributed by atoms with Gasteiger partial charge in [-0.2, -0.15) is 5.10 Å². The molecule has 124 valence electrons. The predicted molar refractivity (Wildman–Crippen MR) is 92.0 cm³/mol. The number of anilines is 1. The lowest BCUT2D eigenvalue weighted by Crippen LogP contribution is -2.32. The van der Waals surface area contributed by atoms with Crippen LogP contribution in [0.3, 0.4) is 0 Å². The van der Waals surface area contributed by atoms with Crippen molar-refractivity contribution in [3.63, 3.8) is 0 Å². The lowest BCUT2D eigenvalue weighted by atomic mass is 10.2. The van der Waals surface area contributed by atoms with Crippen molar-refractivity contribution in [1.82, 2.24) is 5.43 Å². The molecule has 0 aliphatic rings. The zero-order valence-corrected chi connectivity index (χ0v) is 14.0. The second kappa shape index (κ2) is 7.90. The second-order valence-corrected chi connectivity index (χ2v) is 5.59. The molecule has 0 heterocycles. The highest BCUT2D eigenvalue weighted by Crippen LogP contribution is 2.19. The maximum Gasteiger partial charge on any atom is 0.329 e. The summed E-state index contributed by atoms with van der Waals surface area (Å²) in [5, 5.41) is 6.61. The summed E-state index contributed by atoms with van der Waals surface area (Å²) in [6.07, 6.45) is 1.02. The van der Waals surface area contributed by atoms with Crippen LogP contribution in [-0.4, -0.2) is 18.0 Å². The number of carbonyl (C=O) groups excluding carboxylic acids is 2. The number of amides is 2. The Hall–Kier alpha value is -2.44. The quantitative estimate of drug-likeness (QED) is 0.494. The van der Waals surface area contributed by atoms with E-state index < -0.39 is 17.6 Å². The number of nitrogens with one attached hydrogen (secondary N) is 2. The van der Waals surface area contributed by atoms with Gasteiger partial charge in [-0.25, -0.2) is 9.82 Å². The van der Waals surface area contributed by atoms with Crippen LogP contribution in [0.15, 0.2) is 41.5 Å². The average molecular weight is 368 g/mol. The van der Waals surface area contributed by atoms with E-state index in [1.807, 2.05) is 5.43 Å². The van der Waals surface area contributed by atoms with Crippen LogP contribution in [0.5, 0.6) is 0 Å². The summed E-state index contributed by atoms with van der Waals surface area (Å²) in [5.41, 5.74) is 3.16. The lowest BCUT2D eigenvalue weighted by molar-refractivity contribution is -0.136. The molecule has 0 fully saturated rings. The maximum absolute atomic E-state index is 13.5. The molecule has 0 bridgehead atoms. The summed E-state index contributed by atoms with van der Waals surface area (Å²) in [6, 6.07) is 8.92. The number of hydrazone groups is 1. The molecule has 0 saturated carbocycles. The number of rotatable bonds is 3. The molecule has 24 heavy (non-hydrogen) atoms. The Morgan fingerprint density at radius 3 is 2.58 bits per heavy atom. The molecule has 8 heteroatoms. The first-order chi connectivity index (χ1) is 11.4. The third-order valence-electron chi connectivity index (χ3n) is 3.00. The van der Waals surface area contributed by atoms with Crippen LogP contribution >= 0.6 is 23.2 Å². The van der Waals surface area contributed by atoms with Crippen molar-refractivity contribution in [2.24, 2.45) is 5.10 Å². The summed E-state index contributed by atoms with van der Waals surface area (Å²) >= 11 is 11.6. The number of carbonyl (C=O) groups is 2. The Balaban J connectivity index is 1.99. The molecule has 0 aliphatic carbocycles.